The van der Waals surface area contributed by atoms with Crippen LogP contribution in [0, 0.1) is 13.8 Å². The number of nitrogens with one attached hydrogen (secondary N) is 1. The number of carbonyl (C=O) groups is 1. The Balaban J connectivity index is 1.39. The van der Waals surface area contributed by atoms with Crippen LogP contribution in [-0.4, -0.2) is 43.4 Å². The average Bonchev–Trinajstić information content (AvgIpc) is 3.41. The smallest absolute Gasteiger partial charge is 0.278 e. The van der Waals surface area contributed by atoms with E-state index < -0.39 is 0 Å². The fraction of sp³-hybridized carbons (Fsp3) is 0.240. The van der Waals surface area contributed by atoms with E-state index in [1.165, 1.54) is 10.9 Å². The summed E-state index contributed by atoms with van der Waals surface area (Å²) in [4.78, 5) is 35.4. The number of rotatable bonds is 5. The van der Waals surface area contributed by atoms with Gasteiger partial charge in [0.2, 0.25) is 11.8 Å². The highest BCUT2D eigenvalue weighted by atomic mass is 16.6. The Kier molecular flexibility index (Phi) is 5.17. The number of hydrogen-bond donors (Lipinski definition) is 1. The van der Waals surface area contributed by atoms with Crippen molar-refractivity contribution in [2.24, 2.45) is 0 Å². The first-order valence-corrected chi connectivity index (χ1v) is 11.4. The number of nitrogens with zero attached hydrogens (tertiary/aromatic N) is 5. The van der Waals surface area contributed by atoms with E-state index in [0.29, 0.717) is 53.1 Å². The molecular formula is C25H22N6O5. The summed E-state index contributed by atoms with van der Waals surface area (Å²) in [7, 11) is 0. The molecule has 0 saturated carbocycles. The number of hydrogen-bond acceptors (Lipinski definition) is 8. The van der Waals surface area contributed by atoms with E-state index in [1.807, 2.05) is 25.1 Å². The first-order chi connectivity index (χ1) is 17.5. The van der Waals surface area contributed by atoms with Crippen LogP contribution in [0.1, 0.15) is 17.3 Å². The van der Waals surface area contributed by atoms with Crippen molar-refractivity contribution in [2.45, 2.75) is 26.9 Å². The third kappa shape index (κ3) is 3.84. The lowest BCUT2D eigenvalue weighted by Gasteiger charge is -2.19. The minimum Gasteiger partial charge on any atom is -0.486 e. The maximum atomic E-state index is 13.6. The lowest BCUT2D eigenvalue weighted by atomic mass is 10.1. The zero-order chi connectivity index (χ0) is 24.8. The lowest BCUT2D eigenvalue weighted by Crippen LogP contribution is -2.25. The quantitative estimate of drug-likeness (QED) is 0.402. The van der Waals surface area contributed by atoms with Crippen molar-refractivity contribution in [3.63, 3.8) is 0 Å². The van der Waals surface area contributed by atoms with E-state index in [4.69, 9.17) is 14.0 Å². The summed E-state index contributed by atoms with van der Waals surface area (Å²) in [6.07, 6.45) is 1.46. The molecule has 1 aliphatic rings. The Morgan fingerprint density at radius 3 is 2.72 bits per heavy atom. The van der Waals surface area contributed by atoms with Crippen molar-refractivity contribution < 1.29 is 18.8 Å². The van der Waals surface area contributed by atoms with E-state index in [9.17, 15) is 9.59 Å². The van der Waals surface area contributed by atoms with Crippen LogP contribution in [0.4, 0.5) is 5.69 Å². The molecule has 0 spiro atoms. The summed E-state index contributed by atoms with van der Waals surface area (Å²) in [5.41, 5.74) is 2.88. The van der Waals surface area contributed by atoms with Crippen LogP contribution in [0.2, 0.25) is 0 Å². The Bertz CT molecular complexity index is 1700. The van der Waals surface area contributed by atoms with Crippen molar-refractivity contribution in [3.8, 4) is 11.5 Å². The maximum Gasteiger partial charge on any atom is 0.278 e. The van der Waals surface area contributed by atoms with Gasteiger partial charge in [-0.25, -0.2) is 4.98 Å². The van der Waals surface area contributed by atoms with Gasteiger partial charge in [0.15, 0.2) is 17.3 Å². The number of ether oxygens (including phenoxy) is 2. The Hall–Kier alpha value is -4.67. The average molecular weight is 486 g/mol. The molecule has 182 valence electrons. The van der Waals surface area contributed by atoms with E-state index >= 15 is 0 Å². The molecule has 1 amide bonds. The van der Waals surface area contributed by atoms with E-state index in [2.05, 4.69) is 20.4 Å². The molecule has 0 bridgehead atoms. The molecule has 0 radical (unpaired) electrons. The molecule has 1 N–H and O–H groups in total. The van der Waals surface area contributed by atoms with Crippen LogP contribution < -0.4 is 20.3 Å². The third-order valence-corrected chi connectivity index (χ3v) is 5.98. The minimum absolute atomic E-state index is 0.0760. The van der Waals surface area contributed by atoms with Crippen LogP contribution >= 0.6 is 0 Å². The van der Waals surface area contributed by atoms with Crippen molar-refractivity contribution >= 4 is 33.5 Å². The second-order valence-electron chi connectivity index (χ2n) is 8.62. The van der Waals surface area contributed by atoms with Crippen molar-refractivity contribution in [1.29, 1.82) is 0 Å². The third-order valence-electron chi connectivity index (χ3n) is 5.98. The lowest BCUT2D eigenvalue weighted by molar-refractivity contribution is -0.116. The van der Waals surface area contributed by atoms with Crippen LogP contribution in [0.15, 0.2) is 52.0 Å². The van der Waals surface area contributed by atoms with Crippen LogP contribution in [-0.2, 0) is 17.9 Å². The topological polar surface area (TPSA) is 126 Å². The molecule has 11 nitrogen and oxygen atoms in total. The van der Waals surface area contributed by atoms with Gasteiger partial charge in [0.05, 0.1) is 11.8 Å². The Labute approximate surface area is 204 Å². The first kappa shape index (κ1) is 21.8. The summed E-state index contributed by atoms with van der Waals surface area (Å²) in [5.74, 6) is 1.70. The highest BCUT2D eigenvalue weighted by Crippen LogP contribution is 2.33. The summed E-state index contributed by atoms with van der Waals surface area (Å²) in [6, 6.07) is 11.0. The van der Waals surface area contributed by atoms with E-state index in [1.54, 1.807) is 29.7 Å². The van der Waals surface area contributed by atoms with Gasteiger partial charge in [-0.15, -0.1) is 0 Å². The number of aromatic nitrogens is 5. The molecule has 1 aliphatic heterocycles. The summed E-state index contributed by atoms with van der Waals surface area (Å²) in [5, 5.41) is 7.47. The Morgan fingerprint density at radius 2 is 1.92 bits per heavy atom. The second kappa shape index (κ2) is 8.52. The van der Waals surface area contributed by atoms with E-state index in [0.717, 1.165) is 16.5 Å². The van der Waals surface area contributed by atoms with Gasteiger partial charge in [0, 0.05) is 17.1 Å². The molecule has 4 heterocycles. The van der Waals surface area contributed by atoms with Crippen molar-refractivity contribution in [1.82, 2.24) is 24.3 Å². The van der Waals surface area contributed by atoms with E-state index in [-0.39, 0.29) is 24.6 Å². The van der Waals surface area contributed by atoms with Crippen molar-refractivity contribution in [3.05, 3.63) is 70.4 Å². The van der Waals surface area contributed by atoms with Gasteiger partial charge < -0.3 is 23.9 Å². The van der Waals surface area contributed by atoms with Gasteiger partial charge in [-0.2, -0.15) is 4.98 Å². The fourth-order valence-corrected chi connectivity index (χ4v) is 4.41. The molecule has 6 rings (SSSR count). The van der Waals surface area contributed by atoms with Gasteiger partial charge in [-0.3, -0.25) is 14.2 Å². The second-order valence-corrected chi connectivity index (χ2v) is 8.62. The van der Waals surface area contributed by atoms with Gasteiger partial charge >= 0.3 is 0 Å². The number of aryl methyl sites for hydroxylation is 2. The molecule has 0 atom stereocenters. The van der Waals surface area contributed by atoms with Crippen LogP contribution in [0.5, 0.6) is 11.5 Å². The number of amides is 1. The molecular weight excluding hydrogens is 464 g/mol. The highest BCUT2D eigenvalue weighted by molar-refractivity contribution is 6.06. The highest BCUT2D eigenvalue weighted by Gasteiger charge is 2.20. The molecule has 11 heteroatoms. The largest absolute Gasteiger partial charge is 0.486 e. The molecule has 0 unspecified atom stereocenters. The molecule has 0 saturated heterocycles. The molecule has 3 aromatic heterocycles. The SMILES string of the molecule is Cc1ccc2c(c1)c1ncn(Cc3nc(C)no3)c(=O)c1n2CC(=O)Nc1ccc2c(c1)OCCO2. The van der Waals surface area contributed by atoms with Gasteiger partial charge in [0.1, 0.15) is 37.3 Å². The predicted octanol–water partition coefficient (Wildman–Crippen LogP) is 2.81. The van der Waals surface area contributed by atoms with Gasteiger partial charge in [-0.1, -0.05) is 16.8 Å². The van der Waals surface area contributed by atoms with Gasteiger partial charge in [0.25, 0.3) is 5.56 Å². The fourth-order valence-electron chi connectivity index (χ4n) is 4.41. The number of benzene rings is 2. The summed E-state index contributed by atoms with van der Waals surface area (Å²) < 4.78 is 19.4. The minimum atomic E-state index is -0.308. The summed E-state index contributed by atoms with van der Waals surface area (Å²) in [6.45, 7) is 4.61. The Morgan fingerprint density at radius 1 is 1.08 bits per heavy atom. The number of fused-ring (bicyclic) bond motifs is 4. The monoisotopic (exact) mass is 486 g/mol. The molecule has 0 aliphatic carbocycles. The number of anilines is 1. The van der Waals surface area contributed by atoms with Crippen molar-refractivity contribution in [2.75, 3.05) is 18.5 Å². The van der Waals surface area contributed by atoms with Crippen LogP contribution in [0.3, 0.4) is 0 Å². The summed E-state index contributed by atoms with van der Waals surface area (Å²) >= 11 is 0. The normalized spacial score (nSPS) is 12.8. The zero-order valence-corrected chi connectivity index (χ0v) is 19.6. The molecule has 36 heavy (non-hydrogen) atoms. The van der Waals surface area contributed by atoms with Crippen LogP contribution in [0.25, 0.3) is 21.9 Å². The zero-order valence-electron chi connectivity index (χ0n) is 19.6. The molecule has 5 aromatic rings. The molecule has 0 fully saturated rings. The predicted molar refractivity (Wildman–Crippen MR) is 130 cm³/mol. The molecule has 2 aromatic carbocycles. The maximum absolute atomic E-state index is 13.6. The van der Waals surface area contributed by atoms with Gasteiger partial charge in [-0.05, 0) is 38.1 Å². The standard InChI is InChI=1S/C25H22N6O5/c1-14-3-5-18-17(9-14)23-24(25(33)30(13-26-23)12-22-27-15(2)29-36-22)31(18)11-21(32)28-16-4-6-19-20(10-16)35-8-7-34-19/h3-6,9-10,13H,7-8,11-12H2,1-2H3,(H,28,32). The first-order valence-electron chi connectivity index (χ1n) is 11.4. The number of carbonyl (C=O) groups excluding carboxylic acids is 1.